The second kappa shape index (κ2) is 6.35. The van der Waals surface area contributed by atoms with Gasteiger partial charge < -0.3 is 10.1 Å². The minimum Gasteiger partial charge on any atom is -0.444 e. The van der Waals surface area contributed by atoms with Gasteiger partial charge in [0, 0.05) is 6.42 Å². The van der Waals surface area contributed by atoms with E-state index in [1.54, 1.807) is 0 Å². The molecule has 0 aliphatic heterocycles. The lowest BCUT2D eigenvalue weighted by Crippen LogP contribution is -2.37. The summed E-state index contributed by atoms with van der Waals surface area (Å²) in [7, 11) is 0. The van der Waals surface area contributed by atoms with Gasteiger partial charge in [0.2, 0.25) is 0 Å². The van der Waals surface area contributed by atoms with Gasteiger partial charge in [-0.1, -0.05) is 54.1 Å². The highest BCUT2D eigenvalue weighted by Gasteiger charge is 2.18. The van der Waals surface area contributed by atoms with Gasteiger partial charge in [-0.2, -0.15) is 0 Å². The van der Waals surface area contributed by atoms with Gasteiger partial charge in [0.05, 0.1) is 0 Å². The van der Waals surface area contributed by atoms with Crippen molar-refractivity contribution in [2.24, 2.45) is 0 Å². The monoisotopic (exact) mass is 305 g/mol. The molecule has 1 amide bonds. The summed E-state index contributed by atoms with van der Waals surface area (Å²) in [4.78, 5) is 11.7. The second-order valence-electron chi connectivity index (χ2n) is 5.96. The van der Waals surface area contributed by atoms with E-state index >= 15 is 0 Å². The Bertz CT molecular complexity index is 629. The fourth-order valence-electron chi connectivity index (χ4n) is 2.15. The Morgan fingerprint density at radius 1 is 1.19 bits per heavy atom. The number of carbonyl (C=O) groups is 1. The van der Waals surface area contributed by atoms with Crippen LogP contribution in [0.3, 0.4) is 0 Å². The number of ether oxygens (including phenoxy) is 1. The molecule has 1 N–H and O–H groups in total. The fourth-order valence-corrected chi connectivity index (χ4v) is 2.41. The Labute approximate surface area is 130 Å². The Morgan fingerprint density at radius 3 is 2.57 bits per heavy atom. The van der Waals surface area contributed by atoms with E-state index in [0.29, 0.717) is 6.42 Å². The zero-order chi connectivity index (χ0) is 15.5. The minimum atomic E-state index is -0.528. The number of carbonyl (C=O) groups excluding carboxylic acids is 1. The molecule has 2 rings (SSSR count). The molecule has 0 aliphatic carbocycles. The first kappa shape index (κ1) is 15.6. The molecule has 0 aliphatic rings. The van der Waals surface area contributed by atoms with E-state index in [1.165, 1.54) is 0 Å². The van der Waals surface area contributed by atoms with Gasteiger partial charge in [-0.25, -0.2) is 4.79 Å². The highest BCUT2D eigenvalue weighted by Crippen LogP contribution is 2.20. The molecule has 3 nitrogen and oxygen atoms in total. The number of benzene rings is 2. The summed E-state index contributed by atoms with van der Waals surface area (Å²) in [6, 6.07) is 14.2. The third-order valence-corrected chi connectivity index (χ3v) is 3.22. The van der Waals surface area contributed by atoms with Crippen LogP contribution in [0.15, 0.2) is 42.5 Å². The predicted octanol–water partition coefficient (Wildman–Crippen LogP) is 4.47. The topological polar surface area (TPSA) is 38.3 Å². The molecule has 0 heterocycles. The van der Waals surface area contributed by atoms with Crippen LogP contribution >= 0.6 is 11.6 Å². The van der Waals surface area contributed by atoms with Crippen molar-refractivity contribution in [3.8, 4) is 0 Å². The van der Waals surface area contributed by atoms with E-state index in [-0.39, 0.29) is 0 Å². The molecule has 0 aromatic heterocycles. The lowest BCUT2D eigenvalue weighted by atomic mass is 10.0. The first-order valence-corrected chi connectivity index (χ1v) is 7.39. The molecule has 2 aromatic rings. The maximum atomic E-state index is 11.7. The first-order chi connectivity index (χ1) is 9.85. The largest absolute Gasteiger partial charge is 0.444 e. The van der Waals surface area contributed by atoms with Crippen LogP contribution in [0, 0.1) is 0 Å². The van der Waals surface area contributed by atoms with Crippen molar-refractivity contribution in [3.63, 3.8) is 0 Å². The van der Waals surface area contributed by atoms with E-state index in [1.807, 2.05) is 45.0 Å². The molecule has 0 radical (unpaired) electrons. The molecule has 0 bridgehead atoms. The van der Waals surface area contributed by atoms with Gasteiger partial charge in [-0.05, 0) is 37.1 Å². The van der Waals surface area contributed by atoms with Crippen LogP contribution in [0.2, 0.25) is 0 Å². The number of hydrogen-bond donors (Lipinski definition) is 1. The lowest BCUT2D eigenvalue weighted by molar-refractivity contribution is 0.0521. The van der Waals surface area contributed by atoms with E-state index in [9.17, 15) is 4.79 Å². The molecule has 0 saturated carbocycles. The number of halogens is 1. The van der Waals surface area contributed by atoms with Crippen LogP contribution in [0.5, 0.6) is 0 Å². The molecule has 0 saturated heterocycles. The van der Waals surface area contributed by atoms with Crippen LogP contribution in [0.4, 0.5) is 4.79 Å². The highest BCUT2D eigenvalue weighted by molar-refractivity contribution is 6.21. The molecule has 0 spiro atoms. The number of fused-ring (bicyclic) bond motifs is 1. The SMILES string of the molecule is CC(C)(C)OC(=O)NC(Cl)Cc1cccc2ccccc12. The minimum absolute atomic E-state index is 0.497. The number of alkyl carbamates (subject to hydrolysis) is 1. The Hall–Kier alpha value is -1.74. The van der Waals surface area contributed by atoms with Gasteiger partial charge in [0.1, 0.15) is 11.1 Å². The summed E-state index contributed by atoms with van der Waals surface area (Å²) in [6.45, 7) is 5.46. The third-order valence-electron chi connectivity index (χ3n) is 2.95. The summed E-state index contributed by atoms with van der Waals surface area (Å²) in [5, 5.41) is 4.97. The Balaban J connectivity index is 2.05. The molecular weight excluding hydrogens is 286 g/mol. The summed E-state index contributed by atoms with van der Waals surface area (Å²) < 4.78 is 5.20. The summed E-state index contributed by atoms with van der Waals surface area (Å²) in [6.07, 6.45) is 0.0463. The number of nitrogens with one attached hydrogen (secondary N) is 1. The van der Waals surface area contributed by atoms with E-state index in [4.69, 9.17) is 16.3 Å². The van der Waals surface area contributed by atoms with Crippen molar-refractivity contribution in [2.45, 2.75) is 38.3 Å². The van der Waals surface area contributed by atoms with Crippen molar-refractivity contribution >= 4 is 28.5 Å². The fraction of sp³-hybridized carbons (Fsp3) is 0.353. The average Bonchev–Trinajstić information content (AvgIpc) is 2.36. The van der Waals surface area contributed by atoms with Crippen LogP contribution < -0.4 is 5.32 Å². The van der Waals surface area contributed by atoms with Crippen molar-refractivity contribution in [2.75, 3.05) is 0 Å². The number of amides is 1. The molecule has 21 heavy (non-hydrogen) atoms. The normalized spacial score (nSPS) is 13.0. The van der Waals surface area contributed by atoms with Crippen LogP contribution in [-0.2, 0) is 11.2 Å². The maximum absolute atomic E-state index is 11.7. The summed E-state index contributed by atoms with van der Waals surface area (Å²) >= 11 is 6.23. The molecule has 2 aromatic carbocycles. The van der Waals surface area contributed by atoms with Crippen molar-refractivity contribution in [1.82, 2.24) is 5.32 Å². The zero-order valence-electron chi connectivity index (χ0n) is 12.5. The lowest BCUT2D eigenvalue weighted by Gasteiger charge is -2.21. The molecule has 1 unspecified atom stereocenters. The maximum Gasteiger partial charge on any atom is 0.408 e. The standard InChI is InChI=1S/C17H20ClNO2/c1-17(2,3)21-16(20)19-15(18)11-13-9-6-8-12-7-4-5-10-14(12)13/h4-10,15H,11H2,1-3H3,(H,19,20). The van der Waals surface area contributed by atoms with Crippen LogP contribution in [0.1, 0.15) is 26.3 Å². The van der Waals surface area contributed by atoms with Gasteiger partial charge in [0.25, 0.3) is 0 Å². The predicted molar refractivity (Wildman–Crippen MR) is 86.7 cm³/mol. The van der Waals surface area contributed by atoms with Crippen LogP contribution in [0.25, 0.3) is 10.8 Å². The zero-order valence-corrected chi connectivity index (χ0v) is 13.3. The number of rotatable bonds is 3. The summed E-state index contributed by atoms with van der Waals surface area (Å²) in [5.74, 6) is 0. The van der Waals surface area contributed by atoms with Gasteiger partial charge in [-0.3, -0.25) is 0 Å². The number of alkyl halides is 1. The Morgan fingerprint density at radius 2 is 1.86 bits per heavy atom. The number of hydrogen-bond acceptors (Lipinski definition) is 2. The van der Waals surface area contributed by atoms with E-state index in [0.717, 1.165) is 16.3 Å². The highest BCUT2D eigenvalue weighted by atomic mass is 35.5. The first-order valence-electron chi connectivity index (χ1n) is 6.95. The molecule has 1 atom stereocenters. The van der Waals surface area contributed by atoms with Gasteiger partial charge >= 0.3 is 6.09 Å². The quantitative estimate of drug-likeness (QED) is 0.671. The molecule has 112 valence electrons. The van der Waals surface area contributed by atoms with Gasteiger partial charge in [-0.15, -0.1) is 0 Å². The van der Waals surface area contributed by atoms with Crippen molar-refractivity contribution < 1.29 is 9.53 Å². The smallest absolute Gasteiger partial charge is 0.408 e. The average molecular weight is 306 g/mol. The van der Waals surface area contributed by atoms with E-state index < -0.39 is 17.2 Å². The molecular formula is C17H20ClNO2. The Kier molecular flexibility index (Phi) is 4.73. The molecule has 0 fully saturated rings. The molecule has 4 heteroatoms. The van der Waals surface area contributed by atoms with Crippen molar-refractivity contribution in [1.29, 1.82) is 0 Å². The van der Waals surface area contributed by atoms with E-state index in [2.05, 4.69) is 23.5 Å². The van der Waals surface area contributed by atoms with Crippen LogP contribution in [-0.4, -0.2) is 17.2 Å². The summed E-state index contributed by atoms with van der Waals surface area (Å²) in [5.41, 5.74) is 0.0648. The van der Waals surface area contributed by atoms with Gasteiger partial charge in [0.15, 0.2) is 0 Å². The third kappa shape index (κ3) is 4.64. The second-order valence-corrected chi connectivity index (χ2v) is 6.48. The van der Waals surface area contributed by atoms with Crippen molar-refractivity contribution in [3.05, 3.63) is 48.0 Å².